The highest BCUT2D eigenvalue weighted by Crippen LogP contribution is 2.21. The smallest absolute Gasteiger partial charge is 0.320 e. The molecule has 14 nitrogen and oxygen atoms in total. The standard InChI is InChI=1S/C12H12N8O6S2/c1-19-12(22)20-5-15-9(10(20)17-18-19)11(21)16-6-2-7(27(13,23)24)4-8(3-6)28(14,25)26/h2-5H,1H3,(H,16,21)(H2,13,23,24)(H2,14,25,26). The molecule has 0 atom stereocenters. The van der Waals surface area contributed by atoms with Gasteiger partial charge in [-0.3, -0.25) is 4.79 Å². The average Bonchev–Trinajstić information content (AvgIpc) is 3.01. The first kappa shape index (κ1) is 19.5. The zero-order chi connectivity index (χ0) is 20.9. The highest BCUT2D eigenvalue weighted by Gasteiger charge is 2.20. The number of fused-ring (bicyclic) bond motifs is 1. The van der Waals surface area contributed by atoms with Gasteiger partial charge in [-0.1, -0.05) is 5.21 Å². The van der Waals surface area contributed by atoms with Crippen LogP contribution in [0.2, 0.25) is 0 Å². The lowest BCUT2D eigenvalue weighted by Gasteiger charge is -2.08. The van der Waals surface area contributed by atoms with E-state index in [9.17, 15) is 26.4 Å². The Morgan fingerprint density at radius 3 is 2.18 bits per heavy atom. The molecule has 2 aromatic heterocycles. The Morgan fingerprint density at radius 1 is 1.07 bits per heavy atom. The molecule has 0 fully saturated rings. The molecule has 1 aromatic carbocycles. The van der Waals surface area contributed by atoms with E-state index in [2.05, 4.69) is 20.6 Å². The van der Waals surface area contributed by atoms with Gasteiger partial charge in [0.2, 0.25) is 20.0 Å². The van der Waals surface area contributed by atoms with Crippen molar-refractivity contribution in [1.29, 1.82) is 0 Å². The summed E-state index contributed by atoms with van der Waals surface area (Å²) in [4.78, 5) is 27.0. The quantitative estimate of drug-likeness (QED) is 0.395. The fourth-order valence-electron chi connectivity index (χ4n) is 2.20. The van der Waals surface area contributed by atoms with E-state index in [1.54, 1.807) is 0 Å². The number of carbonyl (C=O) groups is 1. The first-order chi connectivity index (χ1) is 12.9. The zero-order valence-corrected chi connectivity index (χ0v) is 15.6. The van der Waals surface area contributed by atoms with E-state index in [1.165, 1.54) is 7.05 Å². The largest absolute Gasteiger partial charge is 0.352 e. The van der Waals surface area contributed by atoms with Crippen LogP contribution in [0, 0.1) is 0 Å². The molecule has 3 aromatic rings. The molecule has 0 saturated heterocycles. The summed E-state index contributed by atoms with van der Waals surface area (Å²) in [7, 11) is -7.25. The predicted molar refractivity (Wildman–Crippen MR) is 93.2 cm³/mol. The number of carbonyl (C=O) groups excluding carboxylic acids is 1. The molecule has 16 heteroatoms. The summed E-state index contributed by atoms with van der Waals surface area (Å²) >= 11 is 0. The van der Waals surface area contributed by atoms with Gasteiger partial charge in [0.15, 0.2) is 11.3 Å². The number of rotatable bonds is 4. The van der Waals surface area contributed by atoms with Crippen LogP contribution in [-0.2, 0) is 27.1 Å². The third-order valence-corrected chi connectivity index (χ3v) is 5.29. The van der Waals surface area contributed by atoms with Crippen molar-refractivity contribution in [1.82, 2.24) is 24.4 Å². The summed E-state index contributed by atoms with van der Waals surface area (Å²) in [5.74, 6) is -0.906. The molecule has 0 saturated carbocycles. The Kier molecular flexibility index (Phi) is 4.50. The van der Waals surface area contributed by atoms with Crippen LogP contribution in [0.4, 0.5) is 5.69 Å². The second-order valence-electron chi connectivity index (χ2n) is 5.52. The monoisotopic (exact) mass is 428 g/mol. The number of aromatic nitrogens is 5. The lowest BCUT2D eigenvalue weighted by molar-refractivity contribution is 0.102. The molecule has 0 unspecified atom stereocenters. The van der Waals surface area contributed by atoms with E-state index < -0.39 is 41.4 Å². The van der Waals surface area contributed by atoms with Crippen molar-refractivity contribution in [3.8, 4) is 0 Å². The maximum absolute atomic E-state index is 12.5. The lowest BCUT2D eigenvalue weighted by atomic mass is 10.3. The van der Waals surface area contributed by atoms with E-state index in [-0.39, 0.29) is 17.0 Å². The van der Waals surface area contributed by atoms with Crippen molar-refractivity contribution >= 4 is 37.3 Å². The number of hydrogen-bond donors (Lipinski definition) is 3. The van der Waals surface area contributed by atoms with Crippen molar-refractivity contribution in [2.75, 3.05) is 5.32 Å². The Labute approximate surface area is 156 Å². The molecule has 0 bridgehead atoms. The van der Waals surface area contributed by atoms with Gasteiger partial charge in [-0.2, -0.15) is 4.68 Å². The van der Waals surface area contributed by atoms with Crippen LogP contribution >= 0.6 is 0 Å². The number of aryl methyl sites for hydroxylation is 1. The number of primary sulfonamides is 2. The fourth-order valence-corrected chi connectivity index (χ4v) is 3.44. The van der Waals surface area contributed by atoms with Gasteiger partial charge in [0, 0.05) is 12.7 Å². The van der Waals surface area contributed by atoms with Crippen LogP contribution in [0.25, 0.3) is 5.65 Å². The normalized spacial score (nSPS) is 12.2. The minimum Gasteiger partial charge on any atom is -0.320 e. The number of benzene rings is 1. The van der Waals surface area contributed by atoms with Crippen LogP contribution in [-0.4, -0.2) is 47.1 Å². The first-order valence-electron chi connectivity index (χ1n) is 7.17. The molecule has 0 aliphatic heterocycles. The number of amides is 1. The summed E-state index contributed by atoms with van der Waals surface area (Å²) in [6.45, 7) is 0. The Balaban J connectivity index is 2.08. The molecule has 148 valence electrons. The summed E-state index contributed by atoms with van der Waals surface area (Å²) < 4.78 is 48.2. The Hall–Kier alpha value is -3.21. The Morgan fingerprint density at radius 2 is 1.64 bits per heavy atom. The van der Waals surface area contributed by atoms with Crippen LogP contribution in [0.15, 0.2) is 39.1 Å². The van der Waals surface area contributed by atoms with E-state index in [4.69, 9.17) is 10.3 Å². The molecule has 5 N–H and O–H groups in total. The number of nitrogens with one attached hydrogen (secondary N) is 1. The molecule has 2 heterocycles. The summed E-state index contributed by atoms with van der Waals surface area (Å²) in [5, 5.41) is 19.5. The minimum atomic E-state index is -4.30. The van der Waals surface area contributed by atoms with Gasteiger partial charge in [-0.05, 0) is 18.2 Å². The van der Waals surface area contributed by atoms with Crippen LogP contribution in [0.3, 0.4) is 0 Å². The molecule has 3 rings (SSSR count). The number of imidazole rings is 1. The van der Waals surface area contributed by atoms with E-state index in [0.29, 0.717) is 0 Å². The Bertz CT molecular complexity index is 1340. The molecule has 1 amide bonds. The third kappa shape index (κ3) is 3.60. The topological polar surface area (TPSA) is 214 Å². The highest BCUT2D eigenvalue weighted by molar-refractivity contribution is 7.90. The molecule has 0 aliphatic rings. The van der Waals surface area contributed by atoms with Crippen LogP contribution < -0.4 is 21.3 Å². The molecular formula is C12H12N8O6S2. The molecule has 28 heavy (non-hydrogen) atoms. The van der Waals surface area contributed by atoms with Gasteiger partial charge in [0.25, 0.3) is 5.91 Å². The summed E-state index contributed by atoms with van der Waals surface area (Å²) in [6.07, 6.45) is 1.05. The second kappa shape index (κ2) is 6.44. The molecular weight excluding hydrogens is 416 g/mol. The zero-order valence-electron chi connectivity index (χ0n) is 14.0. The van der Waals surface area contributed by atoms with E-state index in [0.717, 1.165) is 33.6 Å². The molecule has 0 aliphatic carbocycles. The number of hydrogen-bond acceptors (Lipinski definition) is 9. The highest BCUT2D eigenvalue weighted by atomic mass is 32.2. The minimum absolute atomic E-state index is 0.158. The summed E-state index contributed by atoms with van der Waals surface area (Å²) in [6, 6.07) is 2.62. The van der Waals surface area contributed by atoms with E-state index in [1.807, 2.05) is 0 Å². The molecule has 0 radical (unpaired) electrons. The first-order valence-corrected chi connectivity index (χ1v) is 10.3. The van der Waals surface area contributed by atoms with Gasteiger partial charge in [0.05, 0.1) is 9.79 Å². The number of anilines is 1. The number of nitrogens with two attached hydrogens (primary N) is 2. The van der Waals surface area contributed by atoms with Crippen molar-refractivity contribution in [3.05, 3.63) is 40.7 Å². The SMILES string of the molecule is Cn1nnc2c(C(=O)Nc3cc(S(N)(=O)=O)cc(S(N)(=O)=O)c3)ncn2c1=O. The van der Waals surface area contributed by atoms with Crippen molar-refractivity contribution in [3.63, 3.8) is 0 Å². The predicted octanol–water partition coefficient (Wildman–Crippen LogP) is -2.63. The van der Waals surface area contributed by atoms with Gasteiger partial charge in [0.1, 0.15) is 6.33 Å². The number of nitrogens with zero attached hydrogens (tertiary/aromatic N) is 5. The fraction of sp³-hybridized carbons (Fsp3) is 0.0833. The lowest BCUT2D eigenvalue weighted by Crippen LogP contribution is -2.27. The average molecular weight is 428 g/mol. The van der Waals surface area contributed by atoms with Crippen molar-refractivity contribution < 1.29 is 21.6 Å². The van der Waals surface area contributed by atoms with Gasteiger partial charge in [-0.15, -0.1) is 5.10 Å². The van der Waals surface area contributed by atoms with Crippen molar-refractivity contribution in [2.24, 2.45) is 17.3 Å². The van der Waals surface area contributed by atoms with Gasteiger partial charge in [-0.25, -0.2) is 41.3 Å². The molecule has 0 spiro atoms. The second-order valence-corrected chi connectivity index (χ2v) is 8.64. The maximum Gasteiger partial charge on any atom is 0.352 e. The number of sulfonamides is 2. The van der Waals surface area contributed by atoms with Crippen LogP contribution in [0.1, 0.15) is 10.5 Å². The van der Waals surface area contributed by atoms with Gasteiger partial charge >= 0.3 is 5.69 Å². The van der Waals surface area contributed by atoms with Gasteiger partial charge < -0.3 is 5.32 Å². The summed E-state index contributed by atoms with van der Waals surface area (Å²) in [5.41, 5.74) is -1.30. The maximum atomic E-state index is 12.5. The van der Waals surface area contributed by atoms with E-state index >= 15 is 0 Å². The van der Waals surface area contributed by atoms with Crippen LogP contribution in [0.5, 0.6) is 0 Å². The van der Waals surface area contributed by atoms with Crippen molar-refractivity contribution in [2.45, 2.75) is 9.79 Å². The third-order valence-electron chi connectivity index (χ3n) is 3.51.